The van der Waals surface area contributed by atoms with E-state index >= 15 is 0 Å². The second-order valence-corrected chi connectivity index (χ2v) is 6.63. The summed E-state index contributed by atoms with van der Waals surface area (Å²) in [7, 11) is 0. The summed E-state index contributed by atoms with van der Waals surface area (Å²) in [5.41, 5.74) is 3.00. The summed E-state index contributed by atoms with van der Waals surface area (Å²) in [5.74, 6) is 1.43. The van der Waals surface area contributed by atoms with E-state index in [-0.39, 0.29) is 0 Å². The van der Waals surface area contributed by atoms with Gasteiger partial charge in [-0.1, -0.05) is 67.6 Å². The highest BCUT2D eigenvalue weighted by molar-refractivity contribution is 5.20. The lowest BCUT2D eigenvalue weighted by Crippen LogP contribution is -2.34. The highest BCUT2D eigenvalue weighted by Crippen LogP contribution is 2.28. The highest BCUT2D eigenvalue weighted by Gasteiger charge is 2.20. The number of likely N-dealkylation sites (tertiary alicyclic amines) is 1. The summed E-state index contributed by atoms with van der Waals surface area (Å²) in [6.45, 7) is 6.09. The Balaban J connectivity index is 1.44. The van der Waals surface area contributed by atoms with E-state index in [2.05, 4.69) is 72.5 Å². The fraction of sp³-hybridized carbons (Fsp3) is 0.429. The van der Waals surface area contributed by atoms with Gasteiger partial charge in [-0.2, -0.15) is 0 Å². The zero-order valence-corrected chi connectivity index (χ0v) is 13.6. The molecule has 1 aliphatic heterocycles. The zero-order valence-electron chi connectivity index (χ0n) is 13.6. The molecule has 1 aliphatic rings. The maximum absolute atomic E-state index is 2.65. The minimum Gasteiger partial charge on any atom is -0.303 e. The lowest BCUT2D eigenvalue weighted by molar-refractivity contribution is 0.206. The molecule has 2 aromatic carbocycles. The van der Waals surface area contributed by atoms with E-state index in [4.69, 9.17) is 0 Å². The number of rotatable bonds is 5. The van der Waals surface area contributed by atoms with Gasteiger partial charge in [0, 0.05) is 0 Å². The quantitative estimate of drug-likeness (QED) is 0.745. The molecule has 2 aromatic rings. The van der Waals surface area contributed by atoms with Crippen molar-refractivity contribution in [1.29, 1.82) is 0 Å². The molecule has 0 saturated carbocycles. The lowest BCUT2D eigenvalue weighted by Gasteiger charge is -2.32. The van der Waals surface area contributed by atoms with Crippen LogP contribution < -0.4 is 0 Å². The molecule has 0 amide bonds. The maximum Gasteiger partial charge on any atom is -0.00129 e. The molecule has 116 valence electrons. The molecule has 0 aromatic heterocycles. The number of benzene rings is 2. The van der Waals surface area contributed by atoms with Crippen LogP contribution in [0.25, 0.3) is 0 Å². The third-order valence-corrected chi connectivity index (χ3v) is 5.11. The van der Waals surface area contributed by atoms with Crippen LogP contribution in [0.3, 0.4) is 0 Å². The molecule has 22 heavy (non-hydrogen) atoms. The summed E-state index contributed by atoms with van der Waals surface area (Å²) in [5, 5.41) is 0. The Labute approximate surface area is 135 Å². The molecular formula is C21H27N. The van der Waals surface area contributed by atoms with E-state index in [9.17, 15) is 0 Å². The van der Waals surface area contributed by atoms with Crippen LogP contribution in [0.1, 0.15) is 49.1 Å². The number of hydrogen-bond acceptors (Lipinski definition) is 1. The van der Waals surface area contributed by atoms with Crippen molar-refractivity contribution in [2.24, 2.45) is 0 Å². The van der Waals surface area contributed by atoms with Gasteiger partial charge in [-0.3, -0.25) is 0 Å². The van der Waals surface area contributed by atoms with Crippen LogP contribution in [-0.4, -0.2) is 24.5 Å². The van der Waals surface area contributed by atoms with Crippen molar-refractivity contribution in [2.75, 3.05) is 19.6 Å². The van der Waals surface area contributed by atoms with Crippen LogP contribution >= 0.6 is 0 Å². The normalized spacial score (nSPS) is 18.2. The second kappa shape index (κ2) is 7.60. The molecule has 0 spiro atoms. The van der Waals surface area contributed by atoms with Crippen molar-refractivity contribution in [3.63, 3.8) is 0 Å². The van der Waals surface area contributed by atoms with Crippen molar-refractivity contribution in [3.8, 4) is 0 Å². The molecule has 0 radical (unpaired) electrons. The third kappa shape index (κ3) is 3.98. The first-order valence-electron chi connectivity index (χ1n) is 8.65. The molecule has 1 nitrogen and oxygen atoms in total. The average molecular weight is 293 g/mol. The van der Waals surface area contributed by atoms with Gasteiger partial charge < -0.3 is 4.90 Å². The molecule has 1 heteroatoms. The van der Waals surface area contributed by atoms with Crippen LogP contribution in [0.2, 0.25) is 0 Å². The Morgan fingerprint density at radius 2 is 1.50 bits per heavy atom. The van der Waals surface area contributed by atoms with Gasteiger partial charge in [-0.05, 0) is 61.9 Å². The fourth-order valence-corrected chi connectivity index (χ4v) is 3.54. The minimum absolute atomic E-state index is 0.660. The summed E-state index contributed by atoms with van der Waals surface area (Å²) in [6.07, 6.45) is 3.88. The Bertz CT molecular complexity index is 541. The highest BCUT2D eigenvalue weighted by atomic mass is 15.1. The summed E-state index contributed by atoms with van der Waals surface area (Å²) in [6, 6.07) is 21.9. The van der Waals surface area contributed by atoms with Gasteiger partial charge in [-0.15, -0.1) is 0 Å². The summed E-state index contributed by atoms with van der Waals surface area (Å²) >= 11 is 0. The Kier molecular flexibility index (Phi) is 5.29. The first-order valence-corrected chi connectivity index (χ1v) is 8.65. The van der Waals surface area contributed by atoms with Gasteiger partial charge in [0.25, 0.3) is 0 Å². The molecule has 3 rings (SSSR count). The summed E-state index contributed by atoms with van der Waals surface area (Å²) in [4.78, 5) is 2.65. The van der Waals surface area contributed by atoms with E-state index in [0.29, 0.717) is 5.92 Å². The molecule has 0 N–H and O–H groups in total. The predicted octanol–water partition coefficient (Wildman–Crippen LogP) is 5.06. The monoisotopic (exact) mass is 293 g/mol. The van der Waals surface area contributed by atoms with Crippen LogP contribution in [0.15, 0.2) is 60.7 Å². The van der Waals surface area contributed by atoms with Crippen LogP contribution in [0.5, 0.6) is 0 Å². The number of hydrogen-bond donors (Lipinski definition) is 0. The van der Waals surface area contributed by atoms with Crippen molar-refractivity contribution < 1.29 is 0 Å². The Morgan fingerprint density at radius 1 is 0.909 bits per heavy atom. The molecule has 1 saturated heterocycles. The van der Waals surface area contributed by atoms with E-state index in [0.717, 1.165) is 5.92 Å². The largest absolute Gasteiger partial charge is 0.303 e. The van der Waals surface area contributed by atoms with Crippen molar-refractivity contribution in [1.82, 2.24) is 4.90 Å². The van der Waals surface area contributed by atoms with E-state index in [1.165, 1.54) is 50.0 Å². The van der Waals surface area contributed by atoms with Gasteiger partial charge >= 0.3 is 0 Å². The molecule has 1 atom stereocenters. The minimum atomic E-state index is 0.660. The van der Waals surface area contributed by atoms with Crippen molar-refractivity contribution >= 4 is 0 Å². The molecule has 1 heterocycles. The van der Waals surface area contributed by atoms with Crippen LogP contribution in [0.4, 0.5) is 0 Å². The third-order valence-electron chi connectivity index (χ3n) is 5.11. The Hall–Kier alpha value is -1.60. The fourth-order valence-electron chi connectivity index (χ4n) is 3.54. The van der Waals surface area contributed by atoms with Crippen LogP contribution in [-0.2, 0) is 0 Å². The average Bonchev–Trinajstić information content (AvgIpc) is 2.61. The van der Waals surface area contributed by atoms with E-state index < -0.39 is 0 Å². The zero-order chi connectivity index (χ0) is 15.2. The topological polar surface area (TPSA) is 3.24 Å². The summed E-state index contributed by atoms with van der Waals surface area (Å²) < 4.78 is 0. The molecule has 0 bridgehead atoms. The first-order chi connectivity index (χ1) is 10.8. The van der Waals surface area contributed by atoms with E-state index in [1.807, 2.05) is 0 Å². The van der Waals surface area contributed by atoms with Gasteiger partial charge in [0.2, 0.25) is 0 Å². The van der Waals surface area contributed by atoms with Gasteiger partial charge in [0.1, 0.15) is 0 Å². The second-order valence-electron chi connectivity index (χ2n) is 6.63. The van der Waals surface area contributed by atoms with E-state index in [1.54, 1.807) is 0 Å². The van der Waals surface area contributed by atoms with Gasteiger partial charge in [0.05, 0.1) is 0 Å². The van der Waals surface area contributed by atoms with Gasteiger partial charge in [0.15, 0.2) is 0 Å². The molecular weight excluding hydrogens is 266 g/mol. The standard InChI is InChI=1S/C21H27N/c1-18(19-8-4-2-5-9-19)12-15-22-16-13-21(14-17-22)20-10-6-3-7-11-20/h2-11,18,21H,12-17H2,1H3. The molecule has 1 fully saturated rings. The lowest BCUT2D eigenvalue weighted by atomic mass is 9.89. The Morgan fingerprint density at radius 3 is 2.14 bits per heavy atom. The maximum atomic E-state index is 2.65. The predicted molar refractivity (Wildman–Crippen MR) is 94.3 cm³/mol. The SMILES string of the molecule is CC(CCN1CCC(c2ccccc2)CC1)c1ccccc1. The molecule has 0 aliphatic carbocycles. The van der Waals surface area contributed by atoms with Crippen molar-refractivity contribution in [2.45, 2.75) is 38.0 Å². The number of nitrogens with zero attached hydrogens (tertiary/aromatic N) is 1. The van der Waals surface area contributed by atoms with Crippen LogP contribution in [0, 0.1) is 0 Å². The van der Waals surface area contributed by atoms with Crippen molar-refractivity contribution in [3.05, 3.63) is 71.8 Å². The van der Waals surface area contributed by atoms with Gasteiger partial charge in [-0.25, -0.2) is 0 Å². The molecule has 1 unspecified atom stereocenters. The first kappa shape index (κ1) is 15.3. The number of piperidine rings is 1. The smallest absolute Gasteiger partial charge is 0.00129 e.